The summed E-state index contributed by atoms with van der Waals surface area (Å²) in [5.74, 6) is 1.18. The Morgan fingerprint density at radius 2 is 1.87 bits per heavy atom. The van der Waals surface area contributed by atoms with Crippen molar-refractivity contribution in [2.24, 2.45) is 0 Å². The fourth-order valence-corrected chi connectivity index (χ4v) is 5.50. The molecule has 2 heterocycles. The second-order valence-corrected chi connectivity index (χ2v) is 10.7. The topological polar surface area (TPSA) is 109 Å². The van der Waals surface area contributed by atoms with Crippen LogP contribution in [0.2, 0.25) is 5.02 Å². The molecular formula is C29H27BrClN3O5. The van der Waals surface area contributed by atoms with E-state index >= 15 is 0 Å². The molecule has 4 aromatic rings. The van der Waals surface area contributed by atoms with E-state index in [2.05, 4.69) is 31.0 Å². The number of benzene rings is 3. The predicted molar refractivity (Wildman–Crippen MR) is 151 cm³/mol. The van der Waals surface area contributed by atoms with Crippen LogP contribution >= 0.6 is 27.5 Å². The van der Waals surface area contributed by atoms with E-state index < -0.39 is 0 Å². The number of ether oxygens (including phenoxy) is 1. The van der Waals surface area contributed by atoms with Gasteiger partial charge in [0.25, 0.3) is 5.89 Å². The van der Waals surface area contributed by atoms with Crippen molar-refractivity contribution < 1.29 is 24.3 Å². The number of halogens is 2. The van der Waals surface area contributed by atoms with Gasteiger partial charge >= 0.3 is 0 Å². The van der Waals surface area contributed by atoms with Crippen molar-refractivity contribution in [1.82, 2.24) is 15.0 Å². The largest absolute Gasteiger partial charge is 0.507 e. The molecule has 1 aliphatic heterocycles. The summed E-state index contributed by atoms with van der Waals surface area (Å²) >= 11 is 9.97. The lowest BCUT2D eigenvalue weighted by Gasteiger charge is -2.28. The Hall–Kier alpha value is -3.24. The van der Waals surface area contributed by atoms with Gasteiger partial charge in [-0.2, -0.15) is 4.98 Å². The fraction of sp³-hybridized carbons (Fsp3) is 0.276. The first kappa shape index (κ1) is 27.3. The maximum atomic E-state index is 11.0. The molecule has 8 nitrogen and oxygen atoms in total. The number of aliphatic hydroxyl groups excluding tert-OH is 1. The second-order valence-electron chi connectivity index (χ2n) is 9.53. The summed E-state index contributed by atoms with van der Waals surface area (Å²) in [5, 5.41) is 24.2. The molecule has 0 unspecified atom stereocenters. The number of phenols is 1. The van der Waals surface area contributed by atoms with Gasteiger partial charge in [-0.3, -0.25) is 9.69 Å². The lowest BCUT2D eigenvalue weighted by Crippen LogP contribution is -2.35. The van der Waals surface area contributed by atoms with E-state index in [1.54, 1.807) is 0 Å². The summed E-state index contributed by atoms with van der Waals surface area (Å²) < 4.78 is 12.4. The molecule has 2 N–H and O–H groups in total. The Balaban J connectivity index is 1.36. The molecule has 1 aromatic heterocycles. The lowest BCUT2D eigenvalue weighted by molar-refractivity contribution is 0.0777. The molecule has 1 fully saturated rings. The summed E-state index contributed by atoms with van der Waals surface area (Å²) in [4.78, 5) is 17.9. The van der Waals surface area contributed by atoms with Crippen LogP contribution in [-0.2, 0) is 13.2 Å². The number of rotatable bonds is 8. The van der Waals surface area contributed by atoms with Crippen molar-refractivity contribution in [3.8, 4) is 34.1 Å². The van der Waals surface area contributed by atoms with Gasteiger partial charge in [-0.15, -0.1) is 0 Å². The van der Waals surface area contributed by atoms with Gasteiger partial charge < -0.3 is 19.5 Å². The number of carbonyl (C=O) groups excluding carboxylic acids is 1. The van der Waals surface area contributed by atoms with Gasteiger partial charge in [0.15, 0.2) is 12.1 Å². The minimum atomic E-state index is -0.224. The second kappa shape index (κ2) is 11.9. The number of likely N-dealkylation sites (tertiary alicyclic amines) is 1. The van der Waals surface area contributed by atoms with Gasteiger partial charge in [-0.05, 0) is 64.5 Å². The zero-order valence-electron chi connectivity index (χ0n) is 21.2. The van der Waals surface area contributed by atoms with Crippen LogP contribution in [0.5, 0.6) is 11.5 Å². The van der Waals surface area contributed by atoms with Gasteiger partial charge in [-0.1, -0.05) is 47.1 Å². The highest BCUT2D eigenvalue weighted by molar-refractivity contribution is 9.10. The van der Waals surface area contributed by atoms with E-state index in [0.717, 1.165) is 58.2 Å². The minimum Gasteiger partial charge on any atom is -0.507 e. The molecule has 1 saturated heterocycles. The number of phenolic OH excluding ortho intramolecular Hbond substituents is 1. The van der Waals surface area contributed by atoms with E-state index in [0.29, 0.717) is 24.5 Å². The predicted octanol–water partition coefficient (Wildman–Crippen LogP) is 6.18. The van der Waals surface area contributed by atoms with Crippen LogP contribution in [0.4, 0.5) is 0 Å². The van der Waals surface area contributed by atoms with Gasteiger partial charge in [0.2, 0.25) is 0 Å². The smallest absolute Gasteiger partial charge is 0.258 e. The van der Waals surface area contributed by atoms with Crippen LogP contribution < -0.4 is 4.74 Å². The molecular weight excluding hydrogens is 586 g/mol. The maximum absolute atomic E-state index is 11.0. The molecule has 1 aliphatic rings. The van der Waals surface area contributed by atoms with Gasteiger partial charge in [0.05, 0.1) is 23.2 Å². The third kappa shape index (κ3) is 6.01. The summed E-state index contributed by atoms with van der Waals surface area (Å²) in [6.07, 6.45) is 1.83. The van der Waals surface area contributed by atoms with Crippen LogP contribution in [0.1, 0.15) is 40.2 Å². The van der Waals surface area contributed by atoms with Crippen molar-refractivity contribution >= 4 is 33.8 Å². The molecule has 0 aliphatic carbocycles. The number of aldehydes is 1. The molecule has 39 heavy (non-hydrogen) atoms. The number of piperidine rings is 1. The van der Waals surface area contributed by atoms with E-state index in [9.17, 15) is 15.0 Å². The molecule has 0 spiro atoms. The number of hydrogen-bond donors (Lipinski definition) is 2. The van der Waals surface area contributed by atoms with Crippen molar-refractivity contribution in [3.63, 3.8) is 0 Å². The molecule has 10 heteroatoms. The molecule has 0 bridgehead atoms. The lowest BCUT2D eigenvalue weighted by atomic mass is 9.95. The molecule has 0 saturated carbocycles. The fourth-order valence-electron chi connectivity index (χ4n) is 4.68. The summed E-state index contributed by atoms with van der Waals surface area (Å²) in [6, 6.07) is 14.6. The van der Waals surface area contributed by atoms with E-state index in [1.165, 1.54) is 12.1 Å². The van der Waals surface area contributed by atoms with Crippen LogP contribution in [0.3, 0.4) is 0 Å². The molecule has 3 aromatic carbocycles. The Morgan fingerprint density at radius 1 is 1.15 bits per heavy atom. The maximum Gasteiger partial charge on any atom is 0.258 e. The monoisotopic (exact) mass is 611 g/mol. The Bertz CT molecular complexity index is 1500. The number of aromatic nitrogens is 2. The SMILES string of the molecule is Cc1c(-c2nc(CN3CCC(O)CC3)no2)cccc1-c1cccc(COc2cc(O)c(C=O)cc2Cl)c1Br. The Labute approximate surface area is 239 Å². The molecule has 0 amide bonds. The normalized spacial score (nSPS) is 14.5. The zero-order valence-corrected chi connectivity index (χ0v) is 23.6. The van der Waals surface area contributed by atoms with E-state index in [1.807, 2.05) is 43.3 Å². The van der Waals surface area contributed by atoms with Gasteiger partial charge in [0, 0.05) is 34.8 Å². The van der Waals surface area contributed by atoms with Crippen LogP contribution in [0, 0.1) is 6.92 Å². The highest BCUT2D eigenvalue weighted by atomic mass is 79.9. The Kier molecular flexibility index (Phi) is 8.32. The van der Waals surface area contributed by atoms with Crippen LogP contribution in [0.15, 0.2) is 57.5 Å². The van der Waals surface area contributed by atoms with Crippen molar-refractivity contribution in [1.29, 1.82) is 0 Å². The first-order valence-corrected chi connectivity index (χ1v) is 13.7. The van der Waals surface area contributed by atoms with Gasteiger partial charge in [-0.25, -0.2) is 0 Å². The molecule has 202 valence electrons. The van der Waals surface area contributed by atoms with Gasteiger partial charge in [0.1, 0.15) is 18.1 Å². The van der Waals surface area contributed by atoms with Crippen molar-refractivity contribution in [2.75, 3.05) is 13.1 Å². The number of aliphatic hydroxyl groups is 1. The van der Waals surface area contributed by atoms with Crippen LogP contribution in [-0.4, -0.2) is 50.7 Å². The highest BCUT2D eigenvalue weighted by Crippen LogP contribution is 2.38. The number of nitrogens with zero attached hydrogens (tertiary/aromatic N) is 3. The quantitative estimate of drug-likeness (QED) is 0.227. The first-order chi connectivity index (χ1) is 18.8. The average Bonchev–Trinajstić information content (AvgIpc) is 3.39. The van der Waals surface area contributed by atoms with Crippen molar-refractivity contribution in [2.45, 2.75) is 39.0 Å². The summed E-state index contributed by atoms with van der Waals surface area (Å²) in [5.41, 5.74) is 4.78. The summed E-state index contributed by atoms with van der Waals surface area (Å²) in [6.45, 7) is 4.42. The third-order valence-electron chi connectivity index (χ3n) is 6.91. The zero-order chi connectivity index (χ0) is 27.5. The molecule has 5 rings (SSSR count). The number of carbonyl (C=O) groups is 1. The van der Waals surface area contributed by atoms with Crippen molar-refractivity contribution in [3.05, 3.63) is 80.5 Å². The molecule has 0 atom stereocenters. The van der Waals surface area contributed by atoms with E-state index in [4.69, 9.17) is 20.9 Å². The van der Waals surface area contributed by atoms with Crippen LogP contribution in [0.25, 0.3) is 22.6 Å². The third-order valence-corrected chi connectivity index (χ3v) is 8.15. The first-order valence-electron chi connectivity index (χ1n) is 12.5. The minimum absolute atomic E-state index is 0.102. The average molecular weight is 613 g/mol. The summed E-state index contributed by atoms with van der Waals surface area (Å²) in [7, 11) is 0. The number of hydrogen-bond acceptors (Lipinski definition) is 8. The Morgan fingerprint density at radius 3 is 2.64 bits per heavy atom. The molecule has 0 radical (unpaired) electrons. The van der Waals surface area contributed by atoms with E-state index in [-0.39, 0.29) is 34.8 Å². The number of aromatic hydroxyl groups is 1. The highest BCUT2D eigenvalue weighted by Gasteiger charge is 2.21. The standard InChI is InChI=1S/C29H27BrClN3O5/c1-17-21(5-3-6-22(17)29-32-27(33-39-29)14-34-10-8-20(36)9-11-34)23-7-2-4-18(28(23)30)16-38-26-13-25(37)19(15-35)12-24(26)31/h2-7,12-13,15,20,36-37H,8-11,14,16H2,1H3.